The Balaban J connectivity index is 2.02. The molecule has 1 heterocycles. The molecule has 1 atom stereocenters. The van der Waals surface area contributed by atoms with E-state index in [4.69, 9.17) is 0 Å². The number of anilines is 1. The fraction of sp³-hybridized carbons (Fsp3) is 0.133. The second kappa shape index (κ2) is 4.31. The number of carbonyl (C=O) groups is 1. The van der Waals surface area contributed by atoms with E-state index in [1.807, 2.05) is 48.3 Å². The molecule has 1 aliphatic heterocycles. The smallest absolute Gasteiger partial charge is 0.255 e. The van der Waals surface area contributed by atoms with Crippen LogP contribution in [0.2, 0.25) is 0 Å². The molecule has 2 N–H and O–H groups in total. The van der Waals surface area contributed by atoms with Crippen molar-refractivity contribution in [2.24, 2.45) is 0 Å². The Morgan fingerprint density at radius 3 is 2.53 bits per heavy atom. The van der Waals surface area contributed by atoms with Crippen molar-refractivity contribution >= 4 is 11.6 Å². The third kappa shape index (κ3) is 1.91. The fourth-order valence-electron chi connectivity index (χ4n) is 2.37. The SMILES string of the molecule is CN1c2ccccc2C(=O)N[C@H]1c1ccc(O)cc1. The summed E-state index contributed by atoms with van der Waals surface area (Å²) < 4.78 is 0. The Bertz CT molecular complexity index is 622. The number of nitrogens with one attached hydrogen (secondary N) is 1. The number of phenols is 1. The van der Waals surface area contributed by atoms with Crippen molar-refractivity contribution in [3.63, 3.8) is 0 Å². The van der Waals surface area contributed by atoms with Crippen LogP contribution in [0.5, 0.6) is 5.75 Å². The molecule has 0 bridgehead atoms. The van der Waals surface area contributed by atoms with Gasteiger partial charge in [-0.05, 0) is 29.8 Å². The summed E-state index contributed by atoms with van der Waals surface area (Å²) in [5.74, 6) is 0.140. The van der Waals surface area contributed by atoms with Crippen LogP contribution in [0.25, 0.3) is 0 Å². The molecule has 2 aromatic carbocycles. The van der Waals surface area contributed by atoms with E-state index in [0.717, 1.165) is 11.3 Å². The van der Waals surface area contributed by atoms with Gasteiger partial charge in [0.1, 0.15) is 11.9 Å². The molecular weight excluding hydrogens is 240 g/mol. The minimum absolute atomic E-state index is 0.0771. The van der Waals surface area contributed by atoms with Crippen LogP contribution in [0, 0.1) is 0 Å². The molecule has 0 radical (unpaired) electrons. The zero-order chi connectivity index (χ0) is 13.4. The molecule has 0 saturated carbocycles. The summed E-state index contributed by atoms with van der Waals surface area (Å²) in [4.78, 5) is 14.1. The van der Waals surface area contributed by atoms with Gasteiger partial charge in [-0.2, -0.15) is 0 Å². The van der Waals surface area contributed by atoms with E-state index < -0.39 is 0 Å². The third-order valence-electron chi connectivity index (χ3n) is 3.39. The van der Waals surface area contributed by atoms with E-state index in [9.17, 15) is 9.90 Å². The van der Waals surface area contributed by atoms with Gasteiger partial charge < -0.3 is 15.3 Å². The molecule has 2 aromatic rings. The Hall–Kier alpha value is -2.49. The highest BCUT2D eigenvalue weighted by Crippen LogP contribution is 2.31. The predicted molar refractivity (Wildman–Crippen MR) is 73.2 cm³/mol. The van der Waals surface area contributed by atoms with Crippen molar-refractivity contribution < 1.29 is 9.90 Å². The number of para-hydroxylation sites is 1. The van der Waals surface area contributed by atoms with Gasteiger partial charge in [0.2, 0.25) is 0 Å². The molecule has 4 heteroatoms. The maximum Gasteiger partial charge on any atom is 0.255 e. The van der Waals surface area contributed by atoms with Gasteiger partial charge in [0, 0.05) is 7.05 Å². The van der Waals surface area contributed by atoms with E-state index in [1.54, 1.807) is 12.1 Å². The first-order chi connectivity index (χ1) is 9.16. The predicted octanol–water partition coefficient (Wildman–Crippen LogP) is 2.27. The fourth-order valence-corrected chi connectivity index (χ4v) is 2.37. The van der Waals surface area contributed by atoms with E-state index in [-0.39, 0.29) is 17.8 Å². The van der Waals surface area contributed by atoms with Gasteiger partial charge in [0.15, 0.2) is 0 Å². The number of hydrogen-bond donors (Lipinski definition) is 2. The standard InChI is InChI=1S/C15H14N2O2/c1-17-13-5-3-2-4-12(13)15(19)16-14(17)10-6-8-11(18)9-7-10/h2-9,14,18H,1H3,(H,16,19)/t14-/m1/s1. The molecule has 0 aromatic heterocycles. The van der Waals surface area contributed by atoms with Crippen LogP contribution >= 0.6 is 0 Å². The lowest BCUT2D eigenvalue weighted by Crippen LogP contribution is -2.44. The van der Waals surface area contributed by atoms with Crippen molar-refractivity contribution in [1.29, 1.82) is 0 Å². The number of hydrogen-bond acceptors (Lipinski definition) is 3. The van der Waals surface area contributed by atoms with E-state index in [0.29, 0.717) is 5.56 Å². The normalized spacial score (nSPS) is 17.8. The van der Waals surface area contributed by atoms with Crippen molar-refractivity contribution in [3.8, 4) is 5.75 Å². The van der Waals surface area contributed by atoms with E-state index >= 15 is 0 Å². The lowest BCUT2D eigenvalue weighted by atomic mass is 10.0. The van der Waals surface area contributed by atoms with Crippen LogP contribution in [0.4, 0.5) is 5.69 Å². The quantitative estimate of drug-likeness (QED) is 0.820. The number of nitrogens with zero attached hydrogens (tertiary/aromatic N) is 1. The van der Waals surface area contributed by atoms with Gasteiger partial charge >= 0.3 is 0 Å². The first kappa shape index (κ1) is 11.6. The molecule has 0 saturated heterocycles. The molecule has 1 amide bonds. The second-order valence-corrected chi connectivity index (χ2v) is 4.60. The molecule has 4 nitrogen and oxygen atoms in total. The van der Waals surface area contributed by atoms with Crippen LogP contribution in [0.15, 0.2) is 48.5 Å². The van der Waals surface area contributed by atoms with Gasteiger partial charge in [0.05, 0.1) is 11.3 Å². The number of fused-ring (bicyclic) bond motifs is 1. The summed E-state index contributed by atoms with van der Waals surface area (Å²) in [6.07, 6.45) is -0.219. The topological polar surface area (TPSA) is 52.6 Å². The van der Waals surface area contributed by atoms with Crippen LogP contribution in [0.1, 0.15) is 22.1 Å². The van der Waals surface area contributed by atoms with Crippen molar-refractivity contribution in [2.75, 3.05) is 11.9 Å². The Morgan fingerprint density at radius 1 is 1.11 bits per heavy atom. The molecule has 1 aliphatic rings. The molecule has 0 spiro atoms. The van der Waals surface area contributed by atoms with Crippen LogP contribution in [-0.2, 0) is 0 Å². The van der Waals surface area contributed by atoms with Gasteiger partial charge in [-0.1, -0.05) is 24.3 Å². The average Bonchev–Trinajstić information content (AvgIpc) is 2.44. The first-order valence-corrected chi connectivity index (χ1v) is 6.08. The average molecular weight is 254 g/mol. The summed E-state index contributed by atoms with van der Waals surface area (Å²) in [5.41, 5.74) is 2.52. The molecular formula is C15H14N2O2. The van der Waals surface area contributed by atoms with Crippen LogP contribution in [0.3, 0.4) is 0 Å². The number of rotatable bonds is 1. The summed E-state index contributed by atoms with van der Waals surface area (Å²) in [7, 11) is 1.94. The summed E-state index contributed by atoms with van der Waals surface area (Å²) >= 11 is 0. The number of amides is 1. The Morgan fingerprint density at radius 2 is 1.79 bits per heavy atom. The second-order valence-electron chi connectivity index (χ2n) is 4.60. The lowest BCUT2D eigenvalue weighted by Gasteiger charge is -2.36. The summed E-state index contributed by atoms with van der Waals surface area (Å²) in [6, 6.07) is 14.4. The van der Waals surface area contributed by atoms with Gasteiger partial charge in [-0.3, -0.25) is 4.79 Å². The van der Waals surface area contributed by atoms with Crippen LogP contribution < -0.4 is 10.2 Å². The number of carbonyl (C=O) groups excluding carboxylic acids is 1. The first-order valence-electron chi connectivity index (χ1n) is 6.08. The van der Waals surface area contributed by atoms with Crippen LogP contribution in [-0.4, -0.2) is 18.1 Å². The zero-order valence-electron chi connectivity index (χ0n) is 10.5. The highest BCUT2D eigenvalue weighted by atomic mass is 16.3. The van der Waals surface area contributed by atoms with Crippen molar-refractivity contribution in [1.82, 2.24) is 5.32 Å². The van der Waals surface area contributed by atoms with Gasteiger partial charge in [0.25, 0.3) is 5.91 Å². The molecule has 0 fully saturated rings. The largest absolute Gasteiger partial charge is 0.508 e. The highest BCUT2D eigenvalue weighted by Gasteiger charge is 2.28. The van der Waals surface area contributed by atoms with Crippen molar-refractivity contribution in [2.45, 2.75) is 6.17 Å². The maximum atomic E-state index is 12.1. The number of aromatic hydroxyl groups is 1. The molecule has 0 aliphatic carbocycles. The van der Waals surface area contributed by atoms with Gasteiger partial charge in [-0.25, -0.2) is 0 Å². The Labute approximate surface area is 111 Å². The third-order valence-corrected chi connectivity index (χ3v) is 3.39. The van der Waals surface area contributed by atoms with Gasteiger partial charge in [-0.15, -0.1) is 0 Å². The number of phenolic OH excluding ortho intramolecular Hbond substituents is 1. The lowest BCUT2D eigenvalue weighted by molar-refractivity contribution is 0.0928. The zero-order valence-corrected chi connectivity index (χ0v) is 10.5. The summed E-state index contributed by atoms with van der Waals surface area (Å²) in [6.45, 7) is 0. The molecule has 3 rings (SSSR count). The maximum absolute atomic E-state index is 12.1. The highest BCUT2D eigenvalue weighted by molar-refractivity contribution is 6.01. The van der Waals surface area contributed by atoms with E-state index in [2.05, 4.69) is 5.32 Å². The Kier molecular flexibility index (Phi) is 2.63. The summed E-state index contributed by atoms with van der Waals surface area (Å²) in [5, 5.41) is 12.3. The molecule has 96 valence electrons. The molecule has 0 unspecified atom stereocenters. The minimum atomic E-state index is -0.219. The molecule has 19 heavy (non-hydrogen) atoms. The van der Waals surface area contributed by atoms with Crippen molar-refractivity contribution in [3.05, 3.63) is 59.7 Å². The minimum Gasteiger partial charge on any atom is -0.508 e. The van der Waals surface area contributed by atoms with E-state index in [1.165, 1.54) is 0 Å². The number of benzene rings is 2. The monoisotopic (exact) mass is 254 g/mol.